The fourth-order valence-electron chi connectivity index (χ4n) is 0.900. The topological polar surface area (TPSA) is 97.1 Å². The van der Waals surface area contributed by atoms with E-state index in [2.05, 4.69) is 24.7 Å². The van der Waals surface area contributed by atoms with E-state index in [-0.39, 0.29) is 12.3 Å². The summed E-state index contributed by atoms with van der Waals surface area (Å²) >= 11 is 0. The van der Waals surface area contributed by atoms with Crippen molar-refractivity contribution in [1.82, 2.24) is 20.2 Å². The molecule has 1 rings (SSSR count). The van der Waals surface area contributed by atoms with Crippen LogP contribution >= 0.6 is 0 Å². The van der Waals surface area contributed by atoms with Crippen LogP contribution in [0.2, 0.25) is 0 Å². The largest absolute Gasteiger partial charge is 0.343 e. The number of rotatable bonds is 7. The minimum Gasteiger partial charge on any atom is -0.343 e. The van der Waals surface area contributed by atoms with Crippen molar-refractivity contribution in [3.05, 3.63) is 12.2 Å². The molecule has 0 atom stereocenters. The highest BCUT2D eigenvalue weighted by atomic mass is 32.2. The molecule has 1 aromatic heterocycles. The number of aromatic nitrogens is 2. The van der Waals surface area contributed by atoms with Crippen molar-refractivity contribution >= 4 is 10.0 Å². The number of hydrogen-bond donors (Lipinski definition) is 2. The monoisotopic (exact) mass is 234 g/mol. The standard InChI is InChI=1S/C7H14N4O3S/c1-2-8-3-4-15(12,13)10-5-7-9-6-14-11-7/h6,8,10H,2-5H2,1H3. The van der Waals surface area contributed by atoms with Gasteiger partial charge in [-0.15, -0.1) is 0 Å². The van der Waals surface area contributed by atoms with E-state index in [0.29, 0.717) is 12.4 Å². The zero-order chi connectivity index (χ0) is 11.1. The summed E-state index contributed by atoms with van der Waals surface area (Å²) in [6, 6.07) is 0. The zero-order valence-electron chi connectivity index (χ0n) is 8.43. The molecule has 1 heterocycles. The summed E-state index contributed by atoms with van der Waals surface area (Å²) < 4.78 is 29.6. The Morgan fingerprint density at radius 1 is 1.53 bits per heavy atom. The van der Waals surface area contributed by atoms with E-state index < -0.39 is 10.0 Å². The third-order valence-corrected chi connectivity index (χ3v) is 2.98. The van der Waals surface area contributed by atoms with Gasteiger partial charge in [-0.2, -0.15) is 4.98 Å². The molecule has 15 heavy (non-hydrogen) atoms. The van der Waals surface area contributed by atoms with Crippen LogP contribution in [0.5, 0.6) is 0 Å². The Morgan fingerprint density at radius 2 is 2.33 bits per heavy atom. The van der Waals surface area contributed by atoms with Gasteiger partial charge in [0.25, 0.3) is 0 Å². The maximum absolute atomic E-state index is 11.4. The summed E-state index contributed by atoms with van der Waals surface area (Å²) in [5, 5.41) is 6.42. The minimum atomic E-state index is -3.26. The van der Waals surface area contributed by atoms with Gasteiger partial charge in [0.15, 0.2) is 5.82 Å². The van der Waals surface area contributed by atoms with Crippen LogP contribution in [0, 0.1) is 0 Å². The highest BCUT2D eigenvalue weighted by Gasteiger charge is 2.10. The second-order valence-electron chi connectivity index (χ2n) is 2.84. The van der Waals surface area contributed by atoms with Crippen molar-refractivity contribution in [1.29, 1.82) is 0 Å². The summed E-state index contributed by atoms with van der Waals surface area (Å²) in [5.41, 5.74) is 0. The van der Waals surface area contributed by atoms with E-state index in [0.717, 1.165) is 12.9 Å². The molecule has 2 N–H and O–H groups in total. The van der Waals surface area contributed by atoms with Gasteiger partial charge in [-0.3, -0.25) is 0 Å². The van der Waals surface area contributed by atoms with Crippen LogP contribution in [-0.2, 0) is 16.6 Å². The lowest BCUT2D eigenvalue weighted by molar-refractivity contribution is 0.409. The van der Waals surface area contributed by atoms with Crippen molar-refractivity contribution < 1.29 is 12.9 Å². The SMILES string of the molecule is CCNCCS(=O)(=O)NCc1ncon1. The van der Waals surface area contributed by atoms with E-state index >= 15 is 0 Å². The van der Waals surface area contributed by atoms with E-state index in [1.807, 2.05) is 6.92 Å². The molecule has 0 aliphatic carbocycles. The Labute approximate surface area is 88.3 Å². The highest BCUT2D eigenvalue weighted by Crippen LogP contribution is 1.90. The van der Waals surface area contributed by atoms with E-state index in [1.165, 1.54) is 0 Å². The molecule has 0 saturated carbocycles. The van der Waals surface area contributed by atoms with Gasteiger partial charge in [0.1, 0.15) is 0 Å². The van der Waals surface area contributed by atoms with Crippen LogP contribution in [0.15, 0.2) is 10.9 Å². The van der Waals surface area contributed by atoms with Crippen molar-refractivity contribution in [3.63, 3.8) is 0 Å². The van der Waals surface area contributed by atoms with Crippen LogP contribution in [0.3, 0.4) is 0 Å². The van der Waals surface area contributed by atoms with Gasteiger partial charge < -0.3 is 9.84 Å². The molecule has 0 aromatic carbocycles. The predicted molar refractivity (Wildman–Crippen MR) is 53.5 cm³/mol. The van der Waals surface area contributed by atoms with E-state index in [1.54, 1.807) is 0 Å². The van der Waals surface area contributed by atoms with Gasteiger partial charge in [-0.05, 0) is 6.54 Å². The predicted octanol–water partition coefficient (Wildman–Crippen LogP) is -0.901. The average molecular weight is 234 g/mol. The fourth-order valence-corrected chi connectivity index (χ4v) is 1.81. The third kappa shape index (κ3) is 4.86. The fraction of sp³-hybridized carbons (Fsp3) is 0.714. The molecule has 0 radical (unpaired) electrons. The van der Waals surface area contributed by atoms with E-state index in [9.17, 15) is 8.42 Å². The van der Waals surface area contributed by atoms with Crippen molar-refractivity contribution in [2.24, 2.45) is 0 Å². The van der Waals surface area contributed by atoms with Gasteiger partial charge in [-0.25, -0.2) is 13.1 Å². The minimum absolute atomic E-state index is 0.0404. The van der Waals surface area contributed by atoms with Crippen LogP contribution in [0.4, 0.5) is 0 Å². The highest BCUT2D eigenvalue weighted by molar-refractivity contribution is 7.89. The smallest absolute Gasteiger partial charge is 0.213 e. The Bertz CT molecular complexity index is 362. The molecular weight excluding hydrogens is 220 g/mol. The zero-order valence-corrected chi connectivity index (χ0v) is 9.25. The molecule has 1 aromatic rings. The van der Waals surface area contributed by atoms with E-state index in [4.69, 9.17) is 0 Å². The first-order valence-electron chi connectivity index (χ1n) is 4.57. The van der Waals surface area contributed by atoms with Crippen molar-refractivity contribution in [3.8, 4) is 0 Å². The summed E-state index contributed by atoms with van der Waals surface area (Å²) in [7, 11) is -3.26. The number of nitrogens with zero attached hydrogens (tertiary/aromatic N) is 2. The van der Waals surface area contributed by atoms with Crippen molar-refractivity contribution in [2.75, 3.05) is 18.8 Å². The lowest BCUT2D eigenvalue weighted by Crippen LogP contribution is -2.31. The Hall–Kier alpha value is -0.990. The van der Waals surface area contributed by atoms with Crippen LogP contribution in [0.25, 0.3) is 0 Å². The maximum Gasteiger partial charge on any atom is 0.213 e. The first-order chi connectivity index (χ1) is 7.14. The Balaban J connectivity index is 2.30. The average Bonchev–Trinajstić information content (AvgIpc) is 2.68. The second kappa shape index (κ2) is 5.79. The van der Waals surface area contributed by atoms with Crippen molar-refractivity contribution in [2.45, 2.75) is 13.5 Å². The first kappa shape index (κ1) is 12.1. The van der Waals surface area contributed by atoms with Crippen LogP contribution in [-0.4, -0.2) is 37.4 Å². The quantitative estimate of drug-likeness (QED) is 0.593. The molecule has 8 heteroatoms. The summed E-state index contributed by atoms with van der Waals surface area (Å²) in [6.45, 7) is 3.16. The molecule has 0 saturated heterocycles. The van der Waals surface area contributed by atoms with Gasteiger partial charge in [0.05, 0.1) is 12.3 Å². The first-order valence-corrected chi connectivity index (χ1v) is 6.22. The maximum atomic E-state index is 11.4. The van der Waals surface area contributed by atoms with Crippen LogP contribution < -0.4 is 10.0 Å². The molecule has 0 spiro atoms. The summed E-state index contributed by atoms with van der Waals surface area (Å²) in [4.78, 5) is 3.70. The summed E-state index contributed by atoms with van der Waals surface area (Å²) in [5.74, 6) is 0.362. The van der Waals surface area contributed by atoms with Gasteiger partial charge in [0, 0.05) is 6.54 Å². The Morgan fingerprint density at radius 3 is 2.93 bits per heavy atom. The molecule has 0 unspecified atom stereocenters. The second-order valence-corrected chi connectivity index (χ2v) is 4.77. The summed E-state index contributed by atoms with van der Waals surface area (Å²) in [6.07, 6.45) is 1.16. The van der Waals surface area contributed by atoms with Gasteiger partial charge >= 0.3 is 0 Å². The van der Waals surface area contributed by atoms with Gasteiger partial charge in [-0.1, -0.05) is 12.1 Å². The molecule has 0 amide bonds. The lowest BCUT2D eigenvalue weighted by atomic mass is 10.6. The van der Waals surface area contributed by atoms with Crippen LogP contribution in [0.1, 0.15) is 12.7 Å². The molecule has 7 nitrogen and oxygen atoms in total. The molecule has 0 bridgehead atoms. The molecule has 0 aliphatic heterocycles. The Kier molecular flexibility index (Phi) is 4.66. The molecule has 0 fully saturated rings. The number of nitrogens with one attached hydrogen (secondary N) is 2. The molecule has 86 valence electrons. The third-order valence-electron chi connectivity index (χ3n) is 1.65. The molecule has 0 aliphatic rings. The number of sulfonamides is 1. The van der Waals surface area contributed by atoms with Gasteiger partial charge in [0.2, 0.25) is 16.4 Å². The molecular formula is C7H14N4O3S. The lowest BCUT2D eigenvalue weighted by Gasteiger charge is -2.04. The normalized spacial score (nSPS) is 11.8. The number of hydrogen-bond acceptors (Lipinski definition) is 6.